The molecule has 0 saturated heterocycles. The standard InChI is InChI=1S/C18H18N2O4S/c1-10(2)24-16(21)9-20-17(22)15(25-18(20)23)8-13-11(3)19-14-7-5-4-6-12(13)14/h4-8,10,22H,9H2,1-3H3. The zero-order valence-corrected chi connectivity index (χ0v) is 15.0. The van der Waals surface area contributed by atoms with Crippen LogP contribution in [0.5, 0.6) is 5.88 Å². The van der Waals surface area contributed by atoms with Crippen LogP contribution < -0.4 is 4.87 Å². The summed E-state index contributed by atoms with van der Waals surface area (Å²) in [5.41, 5.74) is 3.47. The van der Waals surface area contributed by atoms with Gasteiger partial charge in [-0.2, -0.15) is 0 Å². The Kier molecular flexibility index (Phi) is 4.59. The Morgan fingerprint density at radius 3 is 2.84 bits per heavy atom. The summed E-state index contributed by atoms with van der Waals surface area (Å²) in [7, 11) is 0. The molecule has 0 saturated carbocycles. The van der Waals surface area contributed by atoms with Gasteiger partial charge in [-0.15, -0.1) is 0 Å². The number of para-hydroxylation sites is 1. The number of benzene rings is 1. The summed E-state index contributed by atoms with van der Waals surface area (Å²) in [6, 6.07) is 7.68. The van der Waals surface area contributed by atoms with Crippen LogP contribution in [0.2, 0.25) is 0 Å². The third kappa shape index (κ3) is 3.41. The number of hydrogen-bond donors (Lipinski definition) is 1. The second-order valence-corrected chi connectivity index (χ2v) is 6.95. The number of rotatable bonds is 4. The van der Waals surface area contributed by atoms with E-state index < -0.39 is 10.8 Å². The molecule has 0 aliphatic carbocycles. The molecule has 0 unspecified atom stereocenters. The molecule has 0 bridgehead atoms. The maximum absolute atomic E-state index is 12.1. The highest BCUT2D eigenvalue weighted by Gasteiger charge is 2.21. The number of ether oxygens (including phenoxy) is 1. The van der Waals surface area contributed by atoms with Crippen molar-refractivity contribution in [2.24, 2.45) is 4.99 Å². The molecule has 7 heteroatoms. The number of allylic oxidation sites excluding steroid dienone is 1. The highest BCUT2D eigenvalue weighted by atomic mass is 32.1. The van der Waals surface area contributed by atoms with Gasteiger partial charge in [0.25, 0.3) is 0 Å². The molecule has 2 aromatic rings. The zero-order valence-electron chi connectivity index (χ0n) is 14.1. The lowest BCUT2D eigenvalue weighted by Crippen LogP contribution is -2.22. The number of aliphatic imine (C=N–C) groups is 1. The topological polar surface area (TPSA) is 80.9 Å². The van der Waals surface area contributed by atoms with Gasteiger partial charge in [0.15, 0.2) is 0 Å². The molecule has 1 aliphatic rings. The third-order valence-electron chi connectivity index (χ3n) is 3.70. The quantitative estimate of drug-likeness (QED) is 0.851. The summed E-state index contributed by atoms with van der Waals surface area (Å²) < 4.78 is 6.05. The molecule has 130 valence electrons. The number of hydrogen-bond acceptors (Lipinski definition) is 6. The molecule has 25 heavy (non-hydrogen) atoms. The van der Waals surface area contributed by atoms with Gasteiger partial charge in [-0.3, -0.25) is 19.1 Å². The van der Waals surface area contributed by atoms with Gasteiger partial charge in [-0.05, 0) is 32.9 Å². The Bertz CT molecular complexity index is 950. The largest absolute Gasteiger partial charge is 0.493 e. The average Bonchev–Trinajstić information content (AvgIpc) is 2.99. The first-order valence-corrected chi connectivity index (χ1v) is 8.67. The Labute approximate surface area is 148 Å². The lowest BCUT2D eigenvalue weighted by Gasteiger charge is -2.08. The predicted molar refractivity (Wildman–Crippen MR) is 98.6 cm³/mol. The second kappa shape index (κ2) is 6.68. The zero-order chi connectivity index (χ0) is 18.1. The van der Waals surface area contributed by atoms with E-state index in [2.05, 4.69) is 4.99 Å². The van der Waals surface area contributed by atoms with E-state index in [1.807, 2.05) is 31.2 Å². The van der Waals surface area contributed by atoms with E-state index >= 15 is 0 Å². The minimum absolute atomic E-state index is 0.236. The van der Waals surface area contributed by atoms with E-state index in [0.29, 0.717) is 4.88 Å². The van der Waals surface area contributed by atoms with Gasteiger partial charge in [0.1, 0.15) is 6.54 Å². The number of aromatic nitrogens is 1. The van der Waals surface area contributed by atoms with Crippen molar-refractivity contribution >= 4 is 40.4 Å². The van der Waals surface area contributed by atoms with Gasteiger partial charge in [0, 0.05) is 16.8 Å². The fourth-order valence-electron chi connectivity index (χ4n) is 2.62. The Balaban J connectivity index is 1.95. The number of aromatic hydroxyl groups is 1. The lowest BCUT2D eigenvalue weighted by atomic mass is 10.0. The first-order chi connectivity index (χ1) is 11.9. The van der Waals surface area contributed by atoms with Gasteiger partial charge in [0.2, 0.25) is 5.88 Å². The Morgan fingerprint density at radius 1 is 1.40 bits per heavy atom. The predicted octanol–water partition coefficient (Wildman–Crippen LogP) is 3.21. The molecule has 0 spiro atoms. The molecule has 0 fully saturated rings. The molecular formula is C18H18N2O4S. The van der Waals surface area contributed by atoms with Crippen LogP contribution in [0.1, 0.15) is 31.2 Å². The minimum atomic E-state index is -0.562. The first-order valence-electron chi connectivity index (χ1n) is 7.85. The normalized spacial score (nSPS) is 14.7. The van der Waals surface area contributed by atoms with Crippen LogP contribution in [0.25, 0.3) is 11.6 Å². The molecule has 0 radical (unpaired) electrons. The molecular weight excluding hydrogens is 340 g/mol. The van der Waals surface area contributed by atoms with Gasteiger partial charge in [-0.1, -0.05) is 29.5 Å². The number of esters is 1. The molecule has 6 nitrogen and oxygen atoms in total. The van der Waals surface area contributed by atoms with Gasteiger partial charge < -0.3 is 9.84 Å². The van der Waals surface area contributed by atoms with Crippen LogP contribution in [0.15, 0.2) is 34.1 Å². The Morgan fingerprint density at radius 2 is 2.12 bits per heavy atom. The smallest absolute Gasteiger partial charge is 0.326 e. The van der Waals surface area contributed by atoms with Crippen LogP contribution in [-0.2, 0) is 16.1 Å². The molecule has 0 atom stereocenters. The molecule has 1 aromatic carbocycles. The molecule has 1 aromatic heterocycles. The fraction of sp³-hybridized carbons (Fsp3) is 0.278. The molecule has 3 rings (SSSR count). The van der Waals surface area contributed by atoms with Crippen LogP contribution in [0.4, 0.5) is 5.69 Å². The fourth-order valence-corrected chi connectivity index (χ4v) is 3.45. The van der Waals surface area contributed by atoms with Crippen LogP contribution in [0, 0.1) is 0 Å². The average molecular weight is 358 g/mol. The van der Waals surface area contributed by atoms with Crippen molar-refractivity contribution in [2.75, 3.05) is 0 Å². The van der Waals surface area contributed by atoms with E-state index in [-0.39, 0.29) is 18.5 Å². The van der Waals surface area contributed by atoms with E-state index in [4.69, 9.17) is 4.74 Å². The summed E-state index contributed by atoms with van der Waals surface area (Å²) in [5.74, 6) is -0.797. The van der Waals surface area contributed by atoms with Crippen LogP contribution in [-0.4, -0.2) is 27.5 Å². The second-order valence-electron chi connectivity index (χ2n) is 5.95. The summed E-state index contributed by atoms with van der Waals surface area (Å²) in [5, 5.41) is 10.4. The molecule has 2 heterocycles. The molecule has 1 aliphatic heterocycles. The highest BCUT2D eigenvalue weighted by molar-refractivity contribution is 7.10. The summed E-state index contributed by atoms with van der Waals surface area (Å²) in [4.78, 5) is 28.4. The first kappa shape index (κ1) is 17.2. The number of thiazole rings is 1. The number of carbonyl (C=O) groups excluding carboxylic acids is 1. The summed E-state index contributed by atoms with van der Waals surface area (Å²) in [6.45, 7) is 5.02. The molecule has 0 amide bonds. The van der Waals surface area contributed by atoms with Gasteiger partial charge >= 0.3 is 10.8 Å². The minimum Gasteiger partial charge on any atom is -0.493 e. The van der Waals surface area contributed by atoms with Gasteiger partial charge in [-0.25, -0.2) is 0 Å². The highest BCUT2D eigenvalue weighted by Crippen LogP contribution is 2.37. The van der Waals surface area contributed by atoms with Gasteiger partial charge in [0.05, 0.1) is 16.7 Å². The Hall–Kier alpha value is -2.67. The van der Waals surface area contributed by atoms with Crippen molar-refractivity contribution in [3.63, 3.8) is 0 Å². The van der Waals surface area contributed by atoms with Crippen molar-refractivity contribution in [3.8, 4) is 5.88 Å². The third-order valence-corrected chi connectivity index (χ3v) is 4.61. The number of carbonyl (C=O) groups is 1. The van der Waals surface area contributed by atoms with E-state index in [0.717, 1.165) is 38.4 Å². The maximum Gasteiger partial charge on any atom is 0.326 e. The van der Waals surface area contributed by atoms with Crippen molar-refractivity contribution in [2.45, 2.75) is 33.4 Å². The van der Waals surface area contributed by atoms with Crippen LogP contribution in [0.3, 0.4) is 0 Å². The molecule has 1 N–H and O–H groups in total. The number of nitrogens with zero attached hydrogens (tertiary/aromatic N) is 2. The summed E-state index contributed by atoms with van der Waals surface area (Å²) >= 11 is 0.884. The summed E-state index contributed by atoms with van der Waals surface area (Å²) in [6.07, 6.45) is 1.45. The van der Waals surface area contributed by atoms with Crippen LogP contribution >= 0.6 is 11.3 Å². The lowest BCUT2D eigenvalue weighted by molar-refractivity contribution is -0.148. The van der Waals surface area contributed by atoms with Crippen molar-refractivity contribution in [1.82, 2.24) is 4.57 Å². The van der Waals surface area contributed by atoms with E-state index in [1.165, 1.54) is 0 Å². The van der Waals surface area contributed by atoms with Crippen molar-refractivity contribution in [1.29, 1.82) is 0 Å². The van der Waals surface area contributed by atoms with E-state index in [9.17, 15) is 14.7 Å². The van der Waals surface area contributed by atoms with E-state index in [1.54, 1.807) is 19.9 Å². The maximum atomic E-state index is 12.1. The number of fused-ring (bicyclic) bond motifs is 1. The van der Waals surface area contributed by atoms with Crippen molar-refractivity contribution < 1.29 is 14.6 Å². The SMILES string of the molecule is CC1=Nc2ccccc2C1=Cc1sc(=O)n(CC(=O)OC(C)C)c1O. The monoisotopic (exact) mass is 358 g/mol. The van der Waals surface area contributed by atoms with Crippen molar-refractivity contribution in [3.05, 3.63) is 44.4 Å².